The number of rotatable bonds is 3. The van der Waals surface area contributed by atoms with E-state index in [4.69, 9.17) is 16.9 Å². The molecule has 0 aromatic carbocycles. The molecule has 4 nitrogen and oxygen atoms in total. The molecular weight excluding hydrogens is 236 g/mol. The van der Waals surface area contributed by atoms with Gasteiger partial charge in [0, 0.05) is 18.9 Å². The van der Waals surface area contributed by atoms with E-state index in [0.717, 1.165) is 5.56 Å². The molecule has 0 aliphatic heterocycles. The molecular formula is C12H9ClN4. The number of aromatic nitrogens is 2. The van der Waals surface area contributed by atoms with E-state index in [-0.39, 0.29) is 0 Å². The first kappa shape index (κ1) is 11.4. The fourth-order valence-corrected chi connectivity index (χ4v) is 1.55. The SMILES string of the molecule is N#Cc1cc(Cl)nc(NCc2ccncc2)c1. The molecule has 1 N–H and O–H groups in total. The summed E-state index contributed by atoms with van der Waals surface area (Å²) in [5.41, 5.74) is 1.57. The topological polar surface area (TPSA) is 61.6 Å². The summed E-state index contributed by atoms with van der Waals surface area (Å²) in [4.78, 5) is 8.02. The molecule has 0 aliphatic carbocycles. The molecule has 0 spiro atoms. The standard InChI is InChI=1S/C12H9ClN4/c13-11-5-10(7-14)6-12(17-11)16-8-9-1-3-15-4-2-9/h1-6H,8H2,(H,16,17). The monoisotopic (exact) mass is 244 g/mol. The minimum atomic E-state index is 0.307. The van der Waals surface area contributed by atoms with Gasteiger partial charge in [-0.05, 0) is 29.8 Å². The maximum absolute atomic E-state index is 8.80. The fraction of sp³-hybridized carbons (Fsp3) is 0.0833. The number of pyridine rings is 2. The number of hydrogen-bond donors (Lipinski definition) is 1. The van der Waals surface area contributed by atoms with Crippen LogP contribution in [-0.4, -0.2) is 9.97 Å². The number of anilines is 1. The van der Waals surface area contributed by atoms with Crippen LogP contribution >= 0.6 is 11.6 Å². The van der Waals surface area contributed by atoms with Crippen molar-refractivity contribution in [3.8, 4) is 6.07 Å². The average molecular weight is 245 g/mol. The predicted molar refractivity (Wildman–Crippen MR) is 65.5 cm³/mol. The van der Waals surface area contributed by atoms with Gasteiger partial charge in [-0.15, -0.1) is 0 Å². The normalized spacial score (nSPS) is 9.65. The third kappa shape index (κ3) is 3.16. The molecule has 0 bridgehead atoms. The van der Waals surface area contributed by atoms with Gasteiger partial charge < -0.3 is 5.32 Å². The van der Waals surface area contributed by atoms with Gasteiger partial charge >= 0.3 is 0 Å². The van der Waals surface area contributed by atoms with Crippen molar-refractivity contribution in [2.24, 2.45) is 0 Å². The van der Waals surface area contributed by atoms with Crippen molar-refractivity contribution < 1.29 is 0 Å². The first-order valence-corrected chi connectivity index (χ1v) is 5.36. The zero-order valence-corrected chi connectivity index (χ0v) is 9.65. The van der Waals surface area contributed by atoms with Crippen LogP contribution in [0.2, 0.25) is 5.15 Å². The van der Waals surface area contributed by atoms with Gasteiger partial charge in [-0.1, -0.05) is 11.6 Å². The predicted octanol–water partition coefficient (Wildman–Crippen LogP) is 2.61. The second-order valence-corrected chi connectivity index (χ2v) is 3.77. The molecule has 0 radical (unpaired) electrons. The van der Waals surface area contributed by atoms with Gasteiger partial charge in [0.15, 0.2) is 0 Å². The molecule has 2 rings (SSSR count). The third-order valence-electron chi connectivity index (χ3n) is 2.15. The highest BCUT2D eigenvalue weighted by Crippen LogP contribution is 2.14. The summed E-state index contributed by atoms with van der Waals surface area (Å²) in [6, 6.07) is 9.03. The Labute approximate surface area is 104 Å². The van der Waals surface area contributed by atoms with E-state index >= 15 is 0 Å². The molecule has 0 fully saturated rings. The Morgan fingerprint density at radius 3 is 2.76 bits per heavy atom. The first-order valence-electron chi connectivity index (χ1n) is 4.98. The smallest absolute Gasteiger partial charge is 0.132 e. The van der Waals surface area contributed by atoms with Crippen LogP contribution in [-0.2, 0) is 6.54 Å². The largest absolute Gasteiger partial charge is 0.366 e. The second-order valence-electron chi connectivity index (χ2n) is 3.38. The number of nitrogens with one attached hydrogen (secondary N) is 1. The summed E-state index contributed by atoms with van der Waals surface area (Å²) < 4.78 is 0. The Balaban J connectivity index is 2.10. The Morgan fingerprint density at radius 1 is 1.29 bits per heavy atom. The van der Waals surface area contributed by atoms with Crippen molar-refractivity contribution in [2.45, 2.75) is 6.54 Å². The molecule has 0 saturated heterocycles. The van der Waals surface area contributed by atoms with Crippen molar-refractivity contribution >= 4 is 17.4 Å². The van der Waals surface area contributed by atoms with Crippen molar-refractivity contribution in [1.82, 2.24) is 9.97 Å². The average Bonchev–Trinajstić information content (AvgIpc) is 2.37. The molecule has 0 atom stereocenters. The van der Waals surface area contributed by atoms with Gasteiger partial charge in [-0.3, -0.25) is 4.98 Å². The van der Waals surface area contributed by atoms with Gasteiger partial charge in [-0.2, -0.15) is 5.26 Å². The minimum Gasteiger partial charge on any atom is -0.366 e. The molecule has 0 aliphatic rings. The van der Waals surface area contributed by atoms with Gasteiger partial charge in [0.2, 0.25) is 0 Å². The Bertz CT molecular complexity index is 548. The van der Waals surface area contributed by atoms with Gasteiger partial charge in [0.05, 0.1) is 11.6 Å². The van der Waals surface area contributed by atoms with Crippen LogP contribution < -0.4 is 5.32 Å². The number of hydrogen-bond acceptors (Lipinski definition) is 4. The highest BCUT2D eigenvalue weighted by Gasteiger charge is 2.00. The lowest BCUT2D eigenvalue weighted by Crippen LogP contribution is -2.01. The quantitative estimate of drug-likeness (QED) is 0.843. The van der Waals surface area contributed by atoms with E-state index in [2.05, 4.69) is 15.3 Å². The van der Waals surface area contributed by atoms with Gasteiger partial charge in [-0.25, -0.2) is 4.98 Å². The molecule has 0 amide bonds. The molecule has 2 aromatic heterocycles. The van der Waals surface area contributed by atoms with Crippen molar-refractivity contribution in [1.29, 1.82) is 5.26 Å². The fourth-order valence-electron chi connectivity index (χ4n) is 1.35. The van der Waals surface area contributed by atoms with E-state index in [1.807, 2.05) is 18.2 Å². The second kappa shape index (κ2) is 5.28. The van der Waals surface area contributed by atoms with Crippen LogP contribution in [0, 0.1) is 11.3 Å². The van der Waals surface area contributed by atoms with Crippen molar-refractivity contribution in [3.63, 3.8) is 0 Å². The van der Waals surface area contributed by atoms with Crippen LogP contribution in [0.1, 0.15) is 11.1 Å². The number of halogens is 1. The van der Waals surface area contributed by atoms with Crippen LogP contribution in [0.25, 0.3) is 0 Å². The molecule has 17 heavy (non-hydrogen) atoms. The summed E-state index contributed by atoms with van der Waals surface area (Å²) in [6.07, 6.45) is 3.45. The van der Waals surface area contributed by atoms with Crippen LogP contribution in [0.15, 0.2) is 36.7 Å². The lowest BCUT2D eigenvalue weighted by atomic mass is 10.2. The summed E-state index contributed by atoms with van der Waals surface area (Å²) >= 11 is 5.80. The maximum Gasteiger partial charge on any atom is 0.132 e. The van der Waals surface area contributed by atoms with Crippen molar-refractivity contribution in [2.75, 3.05) is 5.32 Å². The summed E-state index contributed by atoms with van der Waals surface area (Å²) in [5.74, 6) is 0.589. The molecule has 84 valence electrons. The minimum absolute atomic E-state index is 0.307. The lowest BCUT2D eigenvalue weighted by Gasteiger charge is -2.06. The highest BCUT2D eigenvalue weighted by atomic mass is 35.5. The number of nitriles is 1. The molecule has 0 saturated carbocycles. The Morgan fingerprint density at radius 2 is 2.06 bits per heavy atom. The van der Waals surface area contributed by atoms with Crippen LogP contribution in [0.5, 0.6) is 0 Å². The van der Waals surface area contributed by atoms with E-state index in [1.165, 1.54) is 6.07 Å². The molecule has 5 heteroatoms. The molecule has 0 unspecified atom stereocenters. The lowest BCUT2D eigenvalue weighted by molar-refractivity contribution is 1.10. The van der Waals surface area contributed by atoms with Gasteiger partial charge in [0.25, 0.3) is 0 Å². The first-order chi connectivity index (χ1) is 8.28. The van der Waals surface area contributed by atoms with E-state index < -0.39 is 0 Å². The zero-order chi connectivity index (χ0) is 12.1. The van der Waals surface area contributed by atoms with Crippen molar-refractivity contribution in [3.05, 3.63) is 52.9 Å². The molecule has 2 heterocycles. The maximum atomic E-state index is 8.80. The molecule has 2 aromatic rings. The van der Waals surface area contributed by atoms with Crippen LogP contribution in [0.4, 0.5) is 5.82 Å². The van der Waals surface area contributed by atoms with Gasteiger partial charge in [0.1, 0.15) is 11.0 Å². The third-order valence-corrected chi connectivity index (χ3v) is 2.34. The summed E-state index contributed by atoms with van der Waals surface area (Å²) in [6.45, 7) is 0.612. The Hall–Kier alpha value is -2.12. The van der Waals surface area contributed by atoms with E-state index in [1.54, 1.807) is 18.5 Å². The zero-order valence-electron chi connectivity index (χ0n) is 8.89. The summed E-state index contributed by atoms with van der Waals surface area (Å²) in [7, 11) is 0. The van der Waals surface area contributed by atoms with E-state index in [0.29, 0.717) is 23.1 Å². The Kier molecular flexibility index (Phi) is 3.53. The van der Waals surface area contributed by atoms with E-state index in [9.17, 15) is 0 Å². The summed E-state index contributed by atoms with van der Waals surface area (Å²) in [5, 5.41) is 12.2. The number of nitrogens with zero attached hydrogens (tertiary/aromatic N) is 3. The van der Waals surface area contributed by atoms with Crippen LogP contribution in [0.3, 0.4) is 0 Å². The highest BCUT2D eigenvalue weighted by molar-refractivity contribution is 6.29.